The van der Waals surface area contributed by atoms with Gasteiger partial charge in [0.25, 0.3) is 5.56 Å². The molecule has 0 saturated heterocycles. The molecule has 1 aromatic heterocycles. The molecule has 0 bridgehead atoms. The van der Waals surface area contributed by atoms with Crippen LogP contribution < -0.4 is 20.3 Å². The van der Waals surface area contributed by atoms with Crippen molar-refractivity contribution in [2.24, 2.45) is 0 Å². The Labute approximate surface area is 169 Å². The van der Waals surface area contributed by atoms with Gasteiger partial charge in [-0.15, -0.1) is 0 Å². The van der Waals surface area contributed by atoms with Crippen LogP contribution in [0.15, 0.2) is 53.6 Å². The van der Waals surface area contributed by atoms with Crippen LogP contribution in [-0.2, 0) is 17.9 Å². The van der Waals surface area contributed by atoms with Crippen LogP contribution in [0.4, 0.5) is 0 Å². The molecule has 0 aliphatic carbocycles. The van der Waals surface area contributed by atoms with Crippen molar-refractivity contribution in [3.63, 3.8) is 0 Å². The van der Waals surface area contributed by atoms with E-state index in [9.17, 15) is 9.59 Å². The van der Waals surface area contributed by atoms with Crippen molar-refractivity contribution >= 4 is 16.8 Å². The maximum absolute atomic E-state index is 12.4. The molecule has 7 heteroatoms. The van der Waals surface area contributed by atoms with Gasteiger partial charge in [-0.2, -0.15) is 0 Å². The number of ether oxygens (including phenoxy) is 2. The predicted molar refractivity (Wildman–Crippen MR) is 111 cm³/mol. The van der Waals surface area contributed by atoms with Crippen molar-refractivity contribution in [1.29, 1.82) is 0 Å². The van der Waals surface area contributed by atoms with Crippen molar-refractivity contribution in [2.75, 3.05) is 13.7 Å². The summed E-state index contributed by atoms with van der Waals surface area (Å²) in [6.07, 6.45) is 2.42. The summed E-state index contributed by atoms with van der Waals surface area (Å²) in [6.45, 7) is 3.32. The third-order valence-electron chi connectivity index (χ3n) is 4.55. The topological polar surface area (TPSA) is 82.5 Å². The van der Waals surface area contributed by atoms with Crippen LogP contribution in [0.25, 0.3) is 10.9 Å². The number of carbonyl (C=O) groups excluding carboxylic acids is 1. The van der Waals surface area contributed by atoms with Crippen LogP contribution in [0.5, 0.6) is 11.5 Å². The van der Waals surface area contributed by atoms with Gasteiger partial charge in [-0.05, 0) is 43.2 Å². The number of rotatable bonds is 9. The Morgan fingerprint density at radius 1 is 1.17 bits per heavy atom. The van der Waals surface area contributed by atoms with Crippen molar-refractivity contribution in [3.8, 4) is 11.5 Å². The summed E-state index contributed by atoms with van der Waals surface area (Å²) in [6, 6.07) is 12.8. The monoisotopic (exact) mass is 395 g/mol. The Hall–Kier alpha value is -3.35. The van der Waals surface area contributed by atoms with E-state index >= 15 is 0 Å². The largest absolute Gasteiger partial charge is 0.493 e. The van der Waals surface area contributed by atoms with Gasteiger partial charge >= 0.3 is 0 Å². The Kier molecular flexibility index (Phi) is 6.84. The normalized spacial score (nSPS) is 10.7. The number of hydrogen-bond acceptors (Lipinski definition) is 5. The quantitative estimate of drug-likeness (QED) is 0.602. The number of para-hydroxylation sites is 1. The first-order valence-electron chi connectivity index (χ1n) is 9.63. The zero-order chi connectivity index (χ0) is 20.6. The number of aromatic nitrogens is 2. The molecule has 7 nitrogen and oxygen atoms in total. The van der Waals surface area contributed by atoms with Gasteiger partial charge in [0.1, 0.15) is 0 Å². The van der Waals surface area contributed by atoms with Crippen molar-refractivity contribution in [2.45, 2.75) is 32.9 Å². The second kappa shape index (κ2) is 9.73. The Balaban J connectivity index is 1.51. The molecule has 1 N–H and O–H groups in total. The molecule has 1 amide bonds. The highest BCUT2D eigenvalue weighted by atomic mass is 16.5. The maximum atomic E-state index is 12.4. The number of fused-ring (bicyclic) bond motifs is 1. The molecule has 152 valence electrons. The molecular weight excluding hydrogens is 370 g/mol. The maximum Gasteiger partial charge on any atom is 0.261 e. The first-order valence-corrected chi connectivity index (χ1v) is 9.63. The molecular formula is C22H25N3O4. The molecule has 2 aromatic carbocycles. The summed E-state index contributed by atoms with van der Waals surface area (Å²) in [5.74, 6) is 1.25. The van der Waals surface area contributed by atoms with Gasteiger partial charge in [0, 0.05) is 19.5 Å². The molecule has 0 unspecified atom stereocenters. The summed E-state index contributed by atoms with van der Waals surface area (Å²) < 4.78 is 12.4. The summed E-state index contributed by atoms with van der Waals surface area (Å²) in [5, 5.41) is 3.48. The fourth-order valence-electron chi connectivity index (χ4n) is 3.06. The first kappa shape index (κ1) is 20.4. The molecule has 0 aliphatic rings. The number of nitrogens with one attached hydrogen (secondary N) is 1. The lowest BCUT2D eigenvalue weighted by Gasteiger charge is -2.11. The second-order valence-corrected chi connectivity index (χ2v) is 6.56. The third kappa shape index (κ3) is 5.13. The average molecular weight is 395 g/mol. The van der Waals surface area contributed by atoms with E-state index in [1.165, 1.54) is 6.33 Å². The lowest BCUT2D eigenvalue weighted by atomic mass is 10.2. The second-order valence-electron chi connectivity index (χ2n) is 6.56. The highest BCUT2D eigenvalue weighted by Gasteiger charge is 2.08. The Morgan fingerprint density at radius 2 is 2.00 bits per heavy atom. The van der Waals surface area contributed by atoms with E-state index in [0.717, 1.165) is 5.56 Å². The van der Waals surface area contributed by atoms with Crippen LogP contribution in [0.1, 0.15) is 25.3 Å². The molecule has 3 aromatic rings. The van der Waals surface area contributed by atoms with Gasteiger partial charge in [-0.3, -0.25) is 14.2 Å². The van der Waals surface area contributed by atoms with E-state index in [-0.39, 0.29) is 11.5 Å². The summed E-state index contributed by atoms with van der Waals surface area (Å²) in [4.78, 5) is 28.9. The molecule has 1 heterocycles. The number of benzene rings is 2. The summed E-state index contributed by atoms with van der Waals surface area (Å²) >= 11 is 0. The van der Waals surface area contributed by atoms with Crippen LogP contribution in [0.3, 0.4) is 0 Å². The fraction of sp³-hybridized carbons (Fsp3) is 0.318. The molecule has 3 rings (SSSR count). The average Bonchev–Trinajstić information content (AvgIpc) is 2.75. The van der Waals surface area contributed by atoms with E-state index < -0.39 is 0 Å². The van der Waals surface area contributed by atoms with Gasteiger partial charge < -0.3 is 14.8 Å². The molecule has 0 spiro atoms. The summed E-state index contributed by atoms with van der Waals surface area (Å²) in [5.41, 5.74) is 1.52. The number of methoxy groups -OCH3 is 1. The molecule has 0 aliphatic heterocycles. The van der Waals surface area contributed by atoms with Gasteiger partial charge in [0.15, 0.2) is 11.5 Å². The first-order chi connectivity index (χ1) is 14.1. The number of carbonyl (C=O) groups is 1. The number of amides is 1. The van der Waals surface area contributed by atoms with Crippen molar-refractivity contribution in [3.05, 3.63) is 64.7 Å². The van der Waals surface area contributed by atoms with E-state index in [1.807, 2.05) is 43.3 Å². The van der Waals surface area contributed by atoms with Gasteiger partial charge in [0.2, 0.25) is 5.91 Å². The highest BCUT2D eigenvalue weighted by Crippen LogP contribution is 2.27. The standard InChI is InChI=1S/C22H25N3O4/c1-3-29-19-11-10-16(13-20(19)28-2)14-23-21(26)9-6-12-25-15-24-18-8-5-4-7-17(18)22(25)27/h4-5,7-8,10-11,13,15H,3,6,9,12,14H2,1-2H3,(H,23,26). The summed E-state index contributed by atoms with van der Waals surface area (Å²) in [7, 11) is 1.59. The smallest absolute Gasteiger partial charge is 0.261 e. The molecule has 29 heavy (non-hydrogen) atoms. The van der Waals surface area contributed by atoms with Crippen LogP contribution >= 0.6 is 0 Å². The molecule has 0 atom stereocenters. The minimum atomic E-state index is -0.0857. The van der Waals surface area contributed by atoms with Crippen LogP contribution in [0.2, 0.25) is 0 Å². The number of aryl methyl sites for hydroxylation is 1. The minimum absolute atomic E-state index is 0.0698. The Bertz CT molecular complexity index is 1050. The van der Waals surface area contributed by atoms with E-state index in [2.05, 4.69) is 10.3 Å². The van der Waals surface area contributed by atoms with Gasteiger partial charge in [-0.1, -0.05) is 18.2 Å². The zero-order valence-corrected chi connectivity index (χ0v) is 16.7. The predicted octanol–water partition coefficient (Wildman–Crippen LogP) is 2.90. The molecule has 0 radical (unpaired) electrons. The van der Waals surface area contributed by atoms with Crippen LogP contribution in [-0.4, -0.2) is 29.2 Å². The number of nitrogens with zero attached hydrogens (tertiary/aromatic N) is 2. The van der Waals surface area contributed by atoms with Crippen LogP contribution in [0, 0.1) is 0 Å². The van der Waals surface area contributed by atoms with E-state index in [1.54, 1.807) is 17.7 Å². The zero-order valence-electron chi connectivity index (χ0n) is 16.7. The lowest BCUT2D eigenvalue weighted by molar-refractivity contribution is -0.121. The van der Waals surface area contributed by atoms with Crippen molar-refractivity contribution < 1.29 is 14.3 Å². The van der Waals surface area contributed by atoms with Crippen molar-refractivity contribution in [1.82, 2.24) is 14.9 Å². The SMILES string of the molecule is CCOc1ccc(CNC(=O)CCCn2cnc3ccccc3c2=O)cc1OC. The Morgan fingerprint density at radius 3 is 2.79 bits per heavy atom. The fourth-order valence-corrected chi connectivity index (χ4v) is 3.06. The van der Waals surface area contributed by atoms with E-state index in [4.69, 9.17) is 9.47 Å². The highest BCUT2D eigenvalue weighted by molar-refractivity contribution is 5.77. The lowest BCUT2D eigenvalue weighted by Crippen LogP contribution is -2.24. The minimum Gasteiger partial charge on any atom is -0.493 e. The molecule has 0 saturated carbocycles. The molecule has 0 fully saturated rings. The third-order valence-corrected chi connectivity index (χ3v) is 4.55. The van der Waals surface area contributed by atoms with Gasteiger partial charge in [0.05, 0.1) is 30.9 Å². The van der Waals surface area contributed by atoms with E-state index in [0.29, 0.717) is 54.9 Å². The van der Waals surface area contributed by atoms with Gasteiger partial charge in [-0.25, -0.2) is 4.98 Å². The number of hydrogen-bond donors (Lipinski definition) is 1.